The second kappa shape index (κ2) is 11.7. The van der Waals surface area contributed by atoms with Crippen molar-refractivity contribution >= 4 is 44.1 Å². The number of alkyl halides is 1. The van der Waals surface area contributed by atoms with Gasteiger partial charge in [0.15, 0.2) is 5.75 Å². The number of ether oxygens (including phenoxy) is 2. The van der Waals surface area contributed by atoms with Crippen LogP contribution in [0.2, 0.25) is 5.02 Å². The number of nitrogens with zero attached hydrogens (tertiary/aromatic N) is 2. The van der Waals surface area contributed by atoms with Crippen molar-refractivity contribution in [1.29, 1.82) is 5.26 Å². The predicted molar refractivity (Wildman–Crippen MR) is 143 cm³/mol. The molecule has 2 aromatic carbocycles. The molecule has 1 aliphatic carbocycles. The quantitative estimate of drug-likeness (QED) is 0.336. The van der Waals surface area contributed by atoms with Crippen LogP contribution in [0.25, 0.3) is 16.6 Å². The van der Waals surface area contributed by atoms with Gasteiger partial charge >= 0.3 is 0 Å². The number of nitriles is 1. The maximum Gasteiger partial charge on any atom is 0.208 e. The molecule has 10 heteroatoms. The SMILES string of the molecule is CS(=O)(=O)NCC1CCC(COc2ccc3c(ccn3-c3cc(Cl)c(OCCCl)c(C#N)c3)c2)CC1. The van der Waals surface area contributed by atoms with Crippen LogP contribution < -0.4 is 14.2 Å². The molecule has 0 radical (unpaired) electrons. The Morgan fingerprint density at radius 3 is 2.56 bits per heavy atom. The highest BCUT2D eigenvalue weighted by Gasteiger charge is 2.22. The number of hydrogen-bond donors (Lipinski definition) is 1. The van der Waals surface area contributed by atoms with Crippen LogP contribution in [0.3, 0.4) is 0 Å². The third-order valence-corrected chi connectivity index (χ3v) is 7.62. The van der Waals surface area contributed by atoms with E-state index in [4.69, 9.17) is 32.7 Å². The molecule has 3 aromatic rings. The van der Waals surface area contributed by atoms with E-state index in [-0.39, 0.29) is 6.61 Å². The second-order valence-electron chi connectivity index (χ2n) is 9.18. The van der Waals surface area contributed by atoms with E-state index in [1.807, 2.05) is 35.0 Å². The summed E-state index contributed by atoms with van der Waals surface area (Å²) < 4.78 is 38.9. The van der Waals surface area contributed by atoms with E-state index >= 15 is 0 Å². The van der Waals surface area contributed by atoms with E-state index in [2.05, 4.69) is 10.8 Å². The van der Waals surface area contributed by atoms with E-state index in [0.717, 1.165) is 48.0 Å². The van der Waals surface area contributed by atoms with Gasteiger partial charge in [-0.05, 0) is 73.9 Å². The molecule has 0 aliphatic heterocycles. The summed E-state index contributed by atoms with van der Waals surface area (Å²) in [5.41, 5.74) is 2.09. The van der Waals surface area contributed by atoms with Gasteiger partial charge in [0.05, 0.1) is 34.8 Å². The Balaban J connectivity index is 1.40. The topological polar surface area (TPSA) is 93.3 Å². The Morgan fingerprint density at radius 1 is 1.11 bits per heavy atom. The number of aromatic nitrogens is 1. The number of sulfonamides is 1. The number of benzene rings is 2. The Bertz CT molecular complexity index is 1360. The number of nitrogens with one attached hydrogen (secondary N) is 1. The summed E-state index contributed by atoms with van der Waals surface area (Å²) in [5.74, 6) is 2.31. The minimum Gasteiger partial charge on any atom is -0.493 e. The molecule has 4 rings (SSSR count). The van der Waals surface area contributed by atoms with Crippen molar-refractivity contribution in [2.24, 2.45) is 11.8 Å². The summed E-state index contributed by atoms with van der Waals surface area (Å²) in [5, 5.41) is 11.0. The zero-order valence-corrected chi connectivity index (χ0v) is 22.4. The van der Waals surface area contributed by atoms with E-state index in [0.29, 0.717) is 47.2 Å². The molecule has 0 unspecified atom stereocenters. The van der Waals surface area contributed by atoms with Gasteiger partial charge in [-0.25, -0.2) is 13.1 Å². The summed E-state index contributed by atoms with van der Waals surface area (Å²) in [7, 11) is -3.14. The molecule has 1 aromatic heterocycles. The molecular formula is C26H29Cl2N3O4S. The van der Waals surface area contributed by atoms with Gasteiger partial charge in [0.25, 0.3) is 0 Å². The van der Waals surface area contributed by atoms with E-state index in [1.165, 1.54) is 6.26 Å². The minimum absolute atomic E-state index is 0.270. The first-order valence-corrected chi connectivity index (χ1v) is 14.7. The van der Waals surface area contributed by atoms with Crippen molar-refractivity contribution in [2.45, 2.75) is 25.7 Å². The van der Waals surface area contributed by atoms with Gasteiger partial charge in [0.1, 0.15) is 18.4 Å². The lowest BCUT2D eigenvalue weighted by atomic mass is 9.82. The van der Waals surface area contributed by atoms with Gasteiger partial charge in [-0.2, -0.15) is 5.26 Å². The molecule has 0 amide bonds. The fraction of sp³-hybridized carbons (Fsp3) is 0.423. The molecule has 7 nitrogen and oxygen atoms in total. The van der Waals surface area contributed by atoms with Gasteiger partial charge in [-0.15, -0.1) is 11.6 Å². The number of fused-ring (bicyclic) bond motifs is 1. The average molecular weight is 551 g/mol. The smallest absolute Gasteiger partial charge is 0.208 e. The highest BCUT2D eigenvalue weighted by atomic mass is 35.5. The van der Waals surface area contributed by atoms with Crippen molar-refractivity contribution in [2.75, 3.05) is 31.9 Å². The van der Waals surface area contributed by atoms with Gasteiger partial charge in [-0.1, -0.05) is 11.6 Å². The highest BCUT2D eigenvalue weighted by molar-refractivity contribution is 7.88. The Kier molecular flexibility index (Phi) is 8.68. The average Bonchev–Trinajstić information content (AvgIpc) is 3.28. The summed E-state index contributed by atoms with van der Waals surface area (Å²) in [6, 6.07) is 13.6. The number of halogens is 2. The minimum atomic E-state index is -3.14. The van der Waals surface area contributed by atoms with Crippen LogP contribution in [0.1, 0.15) is 31.2 Å². The molecule has 0 saturated heterocycles. The standard InChI is InChI=1S/C26H29Cl2N3O4S/c1-36(32,33)30-16-18-2-4-19(5-3-18)17-35-23-6-7-25-20(13-23)8-10-31(25)22-12-21(15-29)26(24(28)14-22)34-11-9-27/h6-8,10,12-14,18-19,30H,2-5,9,11,16-17H2,1H3. The van der Waals surface area contributed by atoms with Crippen molar-refractivity contribution in [3.63, 3.8) is 0 Å². The molecule has 36 heavy (non-hydrogen) atoms. The molecule has 1 aliphatic rings. The molecular weight excluding hydrogens is 521 g/mol. The van der Waals surface area contributed by atoms with Crippen molar-refractivity contribution in [3.8, 4) is 23.3 Å². The highest BCUT2D eigenvalue weighted by Crippen LogP contribution is 2.34. The fourth-order valence-corrected chi connectivity index (χ4v) is 5.49. The Labute approximate surface area is 221 Å². The maximum atomic E-state index is 11.3. The summed E-state index contributed by atoms with van der Waals surface area (Å²) in [6.07, 6.45) is 7.20. The zero-order valence-electron chi connectivity index (χ0n) is 20.0. The van der Waals surface area contributed by atoms with Crippen LogP contribution >= 0.6 is 23.2 Å². The van der Waals surface area contributed by atoms with Crippen LogP contribution in [0.15, 0.2) is 42.6 Å². The van der Waals surface area contributed by atoms with E-state index in [9.17, 15) is 13.7 Å². The predicted octanol–water partition coefficient (Wildman–Crippen LogP) is 5.51. The summed E-state index contributed by atoms with van der Waals surface area (Å²) in [6.45, 7) is 1.43. The Hall–Kier alpha value is -2.44. The van der Waals surface area contributed by atoms with Crippen LogP contribution in [-0.2, 0) is 10.0 Å². The lowest BCUT2D eigenvalue weighted by Gasteiger charge is -2.28. The van der Waals surface area contributed by atoms with Gasteiger partial charge in [-0.3, -0.25) is 0 Å². The first-order valence-electron chi connectivity index (χ1n) is 11.9. The van der Waals surface area contributed by atoms with Gasteiger partial charge < -0.3 is 14.0 Å². The van der Waals surface area contributed by atoms with Gasteiger partial charge in [0, 0.05) is 23.8 Å². The molecule has 0 atom stereocenters. The molecule has 1 saturated carbocycles. The fourth-order valence-electron chi connectivity index (χ4n) is 4.61. The molecule has 1 fully saturated rings. The summed E-state index contributed by atoms with van der Waals surface area (Å²) in [4.78, 5) is 0. The number of rotatable bonds is 10. The summed E-state index contributed by atoms with van der Waals surface area (Å²) >= 11 is 12.1. The monoisotopic (exact) mass is 549 g/mol. The van der Waals surface area contributed by atoms with Crippen LogP contribution in [0, 0.1) is 23.2 Å². The zero-order chi connectivity index (χ0) is 25.7. The lowest BCUT2D eigenvalue weighted by Crippen LogP contribution is -2.31. The van der Waals surface area contributed by atoms with Crippen molar-refractivity contribution in [1.82, 2.24) is 9.29 Å². The Morgan fingerprint density at radius 2 is 1.86 bits per heavy atom. The third-order valence-electron chi connectivity index (χ3n) is 6.50. The van der Waals surface area contributed by atoms with Crippen molar-refractivity contribution < 1.29 is 17.9 Å². The normalized spacial score (nSPS) is 18.2. The van der Waals surface area contributed by atoms with E-state index in [1.54, 1.807) is 12.1 Å². The van der Waals surface area contributed by atoms with Gasteiger partial charge in [0.2, 0.25) is 10.0 Å². The molecule has 1 N–H and O–H groups in total. The van der Waals surface area contributed by atoms with E-state index < -0.39 is 10.0 Å². The second-order valence-corrected chi connectivity index (χ2v) is 11.8. The maximum absolute atomic E-state index is 11.3. The molecule has 0 spiro atoms. The van der Waals surface area contributed by atoms with Crippen LogP contribution in [0.4, 0.5) is 0 Å². The largest absolute Gasteiger partial charge is 0.493 e. The molecule has 192 valence electrons. The third kappa shape index (κ3) is 6.65. The lowest BCUT2D eigenvalue weighted by molar-refractivity contribution is 0.183. The first-order chi connectivity index (χ1) is 17.3. The van der Waals surface area contributed by atoms with Crippen molar-refractivity contribution in [3.05, 3.63) is 53.2 Å². The number of hydrogen-bond acceptors (Lipinski definition) is 5. The molecule has 1 heterocycles. The van der Waals surface area contributed by atoms with Crippen LogP contribution in [0.5, 0.6) is 11.5 Å². The molecule has 0 bridgehead atoms. The van der Waals surface area contributed by atoms with Crippen LogP contribution in [-0.4, -0.2) is 44.9 Å². The first kappa shape index (κ1) is 26.6.